The van der Waals surface area contributed by atoms with Gasteiger partial charge in [-0.1, -0.05) is 23.7 Å². The average Bonchev–Trinajstić information content (AvgIpc) is 2.41. The predicted octanol–water partition coefficient (Wildman–Crippen LogP) is 3.04. The minimum absolute atomic E-state index is 0.197. The van der Waals surface area contributed by atoms with Crippen molar-refractivity contribution in [3.8, 4) is 0 Å². The van der Waals surface area contributed by atoms with Crippen molar-refractivity contribution in [3.05, 3.63) is 34.6 Å². The lowest BCUT2D eigenvalue weighted by Gasteiger charge is -2.30. The predicted molar refractivity (Wildman–Crippen MR) is 71.5 cm³/mol. The number of benzene rings is 1. The molecule has 0 aromatic heterocycles. The van der Waals surface area contributed by atoms with Crippen LogP contribution < -0.4 is 5.32 Å². The van der Waals surface area contributed by atoms with E-state index in [1.54, 1.807) is 18.2 Å². The van der Waals surface area contributed by atoms with E-state index in [9.17, 15) is 4.39 Å². The van der Waals surface area contributed by atoms with Gasteiger partial charge in [-0.15, -0.1) is 0 Å². The van der Waals surface area contributed by atoms with E-state index < -0.39 is 0 Å². The molecule has 1 heterocycles. The second kappa shape index (κ2) is 6.50. The summed E-state index contributed by atoms with van der Waals surface area (Å²) in [4.78, 5) is 0. The van der Waals surface area contributed by atoms with Gasteiger partial charge in [0.05, 0.1) is 11.6 Å². The number of ether oxygens (including phenoxy) is 1. The Morgan fingerprint density at radius 1 is 1.56 bits per heavy atom. The summed E-state index contributed by atoms with van der Waals surface area (Å²) in [6, 6.07) is 5.41. The van der Waals surface area contributed by atoms with E-state index in [0.717, 1.165) is 26.1 Å². The first-order chi connectivity index (χ1) is 8.72. The molecular formula is C14H19ClFNO. The molecule has 1 aliphatic heterocycles. The number of hydrogen-bond donors (Lipinski definition) is 1. The summed E-state index contributed by atoms with van der Waals surface area (Å²) in [5.74, 6) is 0.151. The van der Waals surface area contributed by atoms with Gasteiger partial charge in [0.15, 0.2) is 0 Å². The Morgan fingerprint density at radius 3 is 3.06 bits per heavy atom. The fourth-order valence-corrected chi connectivity index (χ4v) is 2.72. The third-order valence-corrected chi connectivity index (χ3v) is 3.90. The molecule has 1 aromatic carbocycles. The van der Waals surface area contributed by atoms with Gasteiger partial charge < -0.3 is 10.1 Å². The molecule has 2 nitrogen and oxygen atoms in total. The first kappa shape index (κ1) is 13.8. The van der Waals surface area contributed by atoms with Crippen molar-refractivity contribution in [3.63, 3.8) is 0 Å². The molecule has 0 bridgehead atoms. The van der Waals surface area contributed by atoms with Crippen molar-refractivity contribution in [1.82, 2.24) is 5.32 Å². The Bertz CT molecular complexity index is 393. The summed E-state index contributed by atoms with van der Waals surface area (Å²) in [6.07, 6.45) is 2.87. The average molecular weight is 272 g/mol. The molecule has 4 heteroatoms. The second-order valence-electron chi connectivity index (χ2n) is 4.79. The van der Waals surface area contributed by atoms with Crippen molar-refractivity contribution >= 4 is 11.6 Å². The van der Waals surface area contributed by atoms with Crippen LogP contribution >= 0.6 is 11.6 Å². The maximum atomic E-state index is 13.9. The fourth-order valence-electron chi connectivity index (χ4n) is 2.53. The summed E-state index contributed by atoms with van der Waals surface area (Å²) in [7, 11) is 1.92. The van der Waals surface area contributed by atoms with Crippen LogP contribution in [0.1, 0.15) is 18.4 Å². The van der Waals surface area contributed by atoms with Gasteiger partial charge in [0.2, 0.25) is 0 Å². The zero-order valence-electron chi connectivity index (χ0n) is 10.6. The van der Waals surface area contributed by atoms with Gasteiger partial charge in [0.1, 0.15) is 5.82 Å². The van der Waals surface area contributed by atoms with Crippen LogP contribution in [0.4, 0.5) is 4.39 Å². The van der Waals surface area contributed by atoms with Gasteiger partial charge in [-0.05, 0) is 43.9 Å². The van der Waals surface area contributed by atoms with Crippen LogP contribution in [0.5, 0.6) is 0 Å². The van der Waals surface area contributed by atoms with E-state index in [2.05, 4.69) is 5.32 Å². The summed E-state index contributed by atoms with van der Waals surface area (Å²) in [6.45, 7) is 1.60. The van der Waals surface area contributed by atoms with Crippen LogP contribution in [0.25, 0.3) is 0 Å². The highest BCUT2D eigenvalue weighted by Crippen LogP contribution is 2.23. The third-order valence-electron chi connectivity index (χ3n) is 3.61. The highest BCUT2D eigenvalue weighted by atomic mass is 35.5. The number of likely N-dealkylation sites (N-methyl/N-ethyl adjacent to an activating group) is 1. The normalized spacial score (nSPS) is 21.8. The molecule has 0 spiro atoms. The first-order valence-corrected chi connectivity index (χ1v) is 6.78. The highest BCUT2D eigenvalue weighted by Gasteiger charge is 2.24. The van der Waals surface area contributed by atoms with E-state index in [-0.39, 0.29) is 16.9 Å². The lowest BCUT2D eigenvalue weighted by molar-refractivity contribution is 0.0404. The second-order valence-corrected chi connectivity index (χ2v) is 5.20. The van der Waals surface area contributed by atoms with E-state index in [1.807, 2.05) is 7.05 Å². The maximum absolute atomic E-state index is 13.9. The van der Waals surface area contributed by atoms with E-state index in [4.69, 9.17) is 16.3 Å². The molecule has 1 aromatic rings. The smallest absolute Gasteiger partial charge is 0.145 e. The lowest BCUT2D eigenvalue weighted by Crippen LogP contribution is -2.40. The van der Waals surface area contributed by atoms with Crippen LogP contribution in [0.15, 0.2) is 18.2 Å². The SMILES string of the molecule is CNC(Cc1cccc(Cl)c1F)C1CCCOC1. The molecule has 1 N–H and O–H groups in total. The van der Waals surface area contributed by atoms with Gasteiger partial charge in [0.25, 0.3) is 0 Å². The van der Waals surface area contributed by atoms with Gasteiger partial charge in [-0.25, -0.2) is 4.39 Å². The Labute approximate surface area is 112 Å². The van der Waals surface area contributed by atoms with E-state index in [1.165, 1.54) is 0 Å². The fraction of sp³-hybridized carbons (Fsp3) is 0.571. The molecule has 1 aliphatic rings. The molecule has 0 saturated carbocycles. The van der Waals surface area contributed by atoms with Crippen LogP contribution in [0.3, 0.4) is 0 Å². The van der Waals surface area contributed by atoms with Crippen LogP contribution in [-0.4, -0.2) is 26.3 Å². The van der Waals surface area contributed by atoms with Crippen molar-refractivity contribution < 1.29 is 9.13 Å². The lowest BCUT2D eigenvalue weighted by atomic mass is 9.89. The molecule has 1 fully saturated rings. The first-order valence-electron chi connectivity index (χ1n) is 6.40. The molecular weight excluding hydrogens is 253 g/mol. The van der Waals surface area contributed by atoms with Crippen molar-refractivity contribution in [2.45, 2.75) is 25.3 Å². The van der Waals surface area contributed by atoms with Crippen LogP contribution in [0, 0.1) is 11.7 Å². The summed E-state index contributed by atoms with van der Waals surface area (Å²) >= 11 is 5.81. The van der Waals surface area contributed by atoms with Crippen molar-refractivity contribution in [1.29, 1.82) is 0 Å². The van der Waals surface area contributed by atoms with E-state index >= 15 is 0 Å². The van der Waals surface area contributed by atoms with Gasteiger partial charge in [-0.2, -0.15) is 0 Å². The number of hydrogen-bond acceptors (Lipinski definition) is 2. The van der Waals surface area contributed by atoms with Crippen molar-refractivity contribution in [2.75, 3.05) is 20.3 Å². The van der Waals surface area contributed by atoms with Gasteiger partial charge in [-0.3, -0.25) is 0 Å². The molecule has 0 radical (unpaired) electrons. The molecule has 1 saturated heterocycles. The van der Waals surface area contributed by atoms with Gasteiger partial charge in [0, 0.05) is 12.6 Å². The molecule has 0 aliphatic carbocycles. The quantitative estimate of drug-likeness (QED) is 0.909. The molecule has 2 rings (SSSR count). The molecule has 0 amide bonds. The molecule has 2 unspecified atom stereocenters. The standard InChI is InChI=1S/C14H19ClFNO/c1-17-13(11-5-3-7-18-9-11)8-10-4-2-6-12(15)14(10)16/h2,4,6,11,13,17H,3,5,7-9H2,1H3. The zero-order chi connectivity index (χ0) is 13.0. The van der Waals surface area contributed by atoms with Crippen molar-refractivity contribution in [2.24, 2.45) is 5.92 Å². The van der Waals surface area contributed by atoms with Crippen LogP contribution in [-0.2, 0) is 11.2 Å². The molecule has 18 heavy (non-hydrogen) atoms. The summed E-state index contributed by atoms with van der Waals surface area (Å²) in [5.41, 5.74) is 0.674. The third kappa shape index (κ3) is 3.22. The Morgan fingerprint density at radius 2 is 2.39 bits per heavy atom. The highest BCUT2D eigenvalue weighted by molar-refractivity contribution is 6.30. The topological polar surface area (TPSA) is 21.3 Å². The Balaban J connectivity index is 2.07. The minimum Gasteiger partial charge on any atom is -0.381 e. The number of rotatable bonds is 4. The largest absolute Gasteiger partial charge is 0.381 e. The number of nitrogens with one attached hydrogen (secondary N) is 1. The number of halogens is 2. The summed E-state index contributed by atoms with van der Waals surface area (Å²) in [5, 5.41) is 3.47. The zero-order valence-corrected chi connectivity index (χ0v) is 11.3. The minimum atomic E-state index is -0.295. The molecule has 100 valence electrons. The molecule has 2 atom stereocenters. The monoisotopic (exact) mass is 271 g/mol. The van der Waals surface area contributed by atoms with Crippen LogP contribution in [0.2, 0.25) is 5.02 Å². The van der Waals surface area contributed by atoms with E-state index in [0.29, 0.717) is 17.9 Å². The Hall–Kier alpha value is -0.640. The summed E-state index contributed by atoms with van der Waals surface area (Å²) < 4.78 is 19.4. The maximum Gasteiger partial charge on any atom is 0.145 e. The Kier molecular flexibility index (Phi) is 4.98. The van der Waals surface area contributed by atoms with Gasteiger partial charge >= 0.3 is 0 Å².